The molecule has 3 rings (SSSR count). The molecule has 154 valence electrons. The number of fused-ring (bicyclic) bond motifs is 1. The van der Waals surface area contributed by atoms with E-state index in [0.717, 1.165) is 5.52 Å². The monoisotopic (exact) mass is 418 g/mol. The van der Waals surface area contributed by atoms with Crippen molar-refractivity contribution in [3.63, 3.8) is 0 Å². The van der Waals surface area contributed by atoms with Gasteiger partial charge >= 0.3 is 6.09 Å². The van der Waals surface area contributed by atoms with E-state index in [1.807, 2.05) is 16.9 Å². The lowest BCUT2D eigenvalue weighted by molar-refractivity contribution is 0.0570. The number of aromatic nitrogens is 3. The summed E-state index contributed by atoms with van der Waals surface area (Å²) in [5.41, 5.74) is 1.82. The summed E-state index contributed by atoms with van der Waals surface area (Å²) in [6, 6.07) is 12.3. The number of carbonyl (C=O) groups excluding carboxylic acids is 1. The van der Waals surface area contributed by atoms with Crippen LogP contribution in [0.25, 0.3) is 16.7 Å². The zero-order valence-electron chi connectivity index (χ0n) is 16.5. The molecule has 29 heavy (non-hydrogen) atoms. The highest BCUT2D eigenvalue weighted by molar-refractivity contribution is 7.89. The smallest absolute Gasteiger partial charge is 0.421 e. The van der Waals surface area contributed by atoms with Crippen molar-refractivity contribution in [3.8, 4) is 11.4 Å². The van der Waals surface area contributed by atoms with Gasteiger partial charge in [-0.15, -0.1) is 5.10 Å². The van der Waals surface area contributed by atoms with Crippen LogP contribution < -0.4 is 9.46 Å². The van der Waals surface area contributed by atoms with Gasteiger partial charge in [-0.3, -0.25) is 0 Å². The van der Waals surface area contributed by atoms with Crippen LogP contribution in [0.15, 0.2) is 42.5 Å². The maximum atomic E-state index is 12.2. The summed E-state index contributed by atoms with van der Waals surface area (Å²) in [7, 11) is -2.33. The normalized spacial score (nSPS) is 12.0. The molecule has 0 spiro atoms. The second-order valence-electron chi connectivity index (χ2n) is 7.36. The Morgan fingerprint density at radius 1 is 1.14 bits per heavy atom. The van der Waals surface area contributed by atoms with Gasteiger partial charge in [0.25, 0.3) is 0 Å². The number of hydrogen-bond donors (Lipinski definition) is 1. The van der Waals surface area contributed by atoms with Crippen LogP contribution >= 0.6 is 0 Å². The van der Waals surface area contributed by atoms with Crippen molar-refractivity contribution in [3.05, 3.63) is 48.0 Å². The van der Waals surface area contributed by atoms with E-state index in [1.165, 1.54) is 0 Å². The lowest BCUT2D eigenvalue weighted by atomic mass is 10.2. The van der Waals surface area contributed by atoms with Gasteiger partial charge in [0.2, 0.25) is 10.0 Å². The highest BCUT2D eigenvalue weighted by atomic mass is 32.2. The Morgan fingerprint density at radius 3 is 2.45 bits per heavy atom. The van der Waals surface area contributed by atoms with Crippen LogP contribution in [0.4, 0.5) is 4.79 Å². The number of rotatable bonds is 5. The molecule has 0 atom stereocenters. The second-order valence-corrected chi connectivity index (χ2v) is 9.08. The summed E-state index contributed by atoms with van der Waals surface area (Å²) in [5.74, 6) is 0.253. The Hall–Kier alpha value is -3.14. The van der Waals surface area contributed by atoms with Crippen LogP contribution in [0.5, 0.6) is 5.75 Å². The molecule has 0 bridgehead atoms. The largest absolute Gasteiger partial charge is 0.494 e. The van der Waals surface area contributed by atoms with Crippen LogP contribution in [0.3, 0.4) is 0 Å². The van der Waals surface area contributed by atoms with E-state index in [-0.39, 0.29) is 5.75 Å². The van der Waals surface area contributed by atoms with E-state index in [4.69, 9.17) is 9.47 Å². The van der Waals surface area contributed by atoms with E-state index in [9.17, 15) is 13.2 Å². The van der Waals surface area contributed by atoms with Crippen LogP contribution in [0.1, 0.15) is 26.3 Å². The minimum absolute atomic E-state index is 0.363. The fourth-order valence-corrected chi connectivity index (χ4v) is 3.69. The first kappa shape index (κ1) is 20.6. The first-order chi connectivity index (χ1) is 13.6. The van der Waals surface area contributed by atoms with Gasteiger partial charge in [0.1, 0.15) is 11.4 Å². The number of nitrogens with zero attached hydrogens (tertiary/aromatic N) is 3. The van der Waals surface area contributed by atoms with E-state index in [2.05, 4.69) is 10.3 Å². The maximum absolute atomic E-state index is 12.2. The van der Waals surface area contributed by atoms with Gasteiger partial charge in [-0.2, -0.15) is 0 Å². The summed E-state index contributed by atoms with van der Waals surface area (Å²) in [4.78, 5) is 11.7. The number of amides is 1. The van der Waals surface area contributed by atoms with Crippen molar-refractivity contribution in [2.75, 3.05) is 7.11 Å². The van der Waals surface area contributed by atoms with Crippen LogP contribution in [-0.2, 0) is 20.5 Å². The maximum Gasteiger partial charge on any atom is 0.421 e. The fraction of sp³-hybridized carbons (Fsp3) is 0.316. The van der Waals surface area contributed by atoms with Gasteiger partial charge in [-0.25, -0.2) is 22.6 Å². The number of ether oxygens (including phenoxy) is 2. The van der Waals surface area contributed by atoms with E-state index in [0.29, 0.717) is 22.5 Å². The second kappa shape index (κ2) is 7.70. The van der Waals surface area contributed by atoms with Gasteiger partial charge in [-0.1, -0.05) is 23.4 Å². The van der Waals surface area contributed by atoms with Gasteiger partial charge < -0.3 is 9.47 Å². The molecular formula is C19H22N4O5S. The predicted molar refractivity (Wildman–Crippen MR) is 107 cm³/mol. The molecule has 0 aliphatic carbocycles. The molecule has 0 unspecified atom stereocenters. The van der Waals surface area contributed by atoms with Crippen LogP contribution in [0, 0.1) is 0 Å². The first-order valence-corrected chi connectivity index (χ1v) is 10.4. The van der Waals surface area contributed by atoms with Gasteiger partial charge in [0, 0.05) is 0 Å². The number of hydrogen-bond acceptors (Lipinski definition) is 7. The van der Waals surface area contributed by atoms with E-state index < -0.39 is 21.7 Å². The number of nitrogens with one attached hydrogen (secondary N) is 1. The van der Waals surface area contributed by atoms with Crippen molar-refractivity contribution >= 4 is 27.1 Å². The Kier molecular flexibility index (Phi) is 5.47. The van der Waals surface area contributed by atoms with Crippen molar-refractivity contribution in [2.45, 2.75) is 32.1 Å². The highest BCUT2D eigenvalue weighted by Crippen LogP contribution is 2.25. The summed E-state index contributed by atoms with van der Waals surface area (Å²) >= 11 is 0. The van der Waals surface area contributed by atoms with Crippen LogP contribution in [0.2, 0.25) is 0 Å². The molecule has 0 fully saturated rings. The Morgan fingerprint density at radius 2 is 1.83 bits per heavy atom. The summed E-state index contributed by atoms with van der Waals surface area (Å²) in [6.45, 7) is 4.96. The molecule has 10 heteroatoms. The predicted octanol–water partition coefficient (Wildman–Crippen LogP) is 2.78. The third-order valence-corrected chi connectivity index (χ3v) is 5.03. The zero-order chi connectivity index (χ0) is 21.2. The van der Waals surface area contributed by atoms with Crippen molar-refractivity contribution < 1.29 is 22.7 Å². The lowest BCUT2D eigenvalue weighted by Crippen LogP contribution is -2.36. The average Bonchev–Trinajstić information content (AvgIpc) is 3.04. The summed E-state index contributed by atoms with van der Waals surface area (Å²) in [5, 5.41) is 8.29. The van der Waals surface area contributed by atoms with Gasteiger partial charge in [0.15, 0.2) is 5.52 Å². The topological polar surface area (TPSA) is 112 Å². The molecule has 1 amide bonds. The Balaban J connectivity index is 1.76. The summed E-state index contributed by atoms with van der Waals surface area (Å²) < 4.78 is 38.2. The van der Waals surface area contributed by atoms with Crippen molar-refractivity contribution in [2.24, 2.45) is 0 Å². The third-order valence-electron chi connectivity index (χ3n) is 3.84. The molecule has 0 aliphatic rings. The average molecular weight is 418 g/mol. The minimum Gasteiger partial charge on any atom is -0.494 e. The molecular weight excluding hydrogens is 396 g/mol. The Bertz CT molecular complexity index is 1130. The quantitative estimate of drug-likeness (QED) is 0.678. The van der Waals surface area contributed by atoms with E-state index >= 15 is 0 Å². The van der Waals surface area contributed by atoms with E-state index in [1.54, 1.807) is 62.9 Å². The molecule has 1 aromatic heterocycles. The fourth-order valence-electron chi connectivity index (χ4n) is 2.69. The zero-order valence-corrected chi connectivity index (χ0v) is 17.4. The molecule has 0 saturated carbocycles. The molecule has 0 aliphatic heterocycles. The summed E-state index contributed by atoms with van der Waals surface area (Å²) in [6.07, 6.45) is -1.00. The molecule has 1 N–H and O–H groups in total. The third kappa shape index (κ3) is 5.02. The van der Waals surface area contributed by atoms with Crippen molar-refractivity contribution in [1.29, 1.82) is 0 Å². The molecule has 0 radical (unpaired) electrons. The number of benzene rings is 2. The number of methoxy groups -OCH3 is 1. The molecule has 2 aromatic carbocycles. The van der Waals surface area contributed by atoms with Gasteiger partial charge in [-0.05, 0) is 50.6 Å². The van der Waals surface area contributed by atoms with Crippen LogP contribution in [-0.4, -0.2) is 42.2 Å². The lowest BCUT2D eigenvalue weighted by Gasteiger charge is -2.19. The first-order valence-electron chi connectivity index (χ1n) is 8.79. The molecule has 1 heterocycles. The highest BCUT2D eigenvalue weighted by Gasteiger charge is 2.21. The molecule has 3 aromatic rings. The number of carbonyl (C=O) groups is 1. The molecule has 0 saturated heterocycles. The SMILES string of the molecule is COc1cccc2c1nnn2-c1ccc(CS(=O)(=O)NC(=O)OC(C)(C)C)cc1. The molecule has 9 nitrogen and oxygen atoms in total. The number of sulfonamides is 1. The minimum atomic E-state index is -3.89. The van der Waals surface area contributed by atoms with Crippen molar-refractivity contribution in [1.82, 2.24) is 19.7 Å². The standard InChI is InChI=1S/C19H22N4O5S/c1-19(2,3)28-18(24)21-29(25,26)12-13-8-10-14(11-9-13)23-15-6-5-7-16(27-4)17(15)20-22-23/h5-11H,12H2,1-4H3,(H,21,24). The van der Waals surface area contributed by atoms with Gasteiger partial charge in [0.05, 0.1) is 24.1 Å². The Labute approximate surface area is 168 Å².